The van der Waals surface area contributed by atoms with Gasteiger partial charge in [-0.3, -0.25) is 0 Å². The molecule has 0 aromatic heterocycles. The fourth-order valence-electron chi connectivity index (χ4n) is 4.57. The molecule has 1 aliphatic rings. The highest BCUT2D eigenvalue weighted by Gasteiger charge is 2.24. The van der Waals surface area contributed by atoms with Crippen molar-refractivity contribution in [2.75, 3.05) is 0 Å². The molecule has 0 saturated carbocycles. The van der Waals surface area contributed by atoms with Crippen LogP contribution in [0.5, 0.6) is 0 Å². The van der Waals surface area contributed by atoms with Gasteiger partial charge in [-0.2, -0.15) is 0 Å². The molecule has 162 valence electrons. The van der Waals surface area contributed by atoms with Crippen molar-refractivity contribution in [3.05, 3.63) is 94.1 Å². The number of hydrogen-bond acceptors (Lipinski definition) is 0. The van der Waals surface area contributed by atoms with E-state index in [1.54, 1.807) is 12.1 Å². The Kier molecular flexibility index (Phi) is 6.45. The van der Waals surface area contributed by atoms with Gasteiger partial charge in [0.1, 0.15) is 11.6 Å². The molecule has 0 radical (unpaired) electrons. The molecule has 0 bridgehead atoms. The average molecular weight is 426 g/mol. The molecule has 1 aliphatic carbocycles. The molecule has 4 heteroatoms. The molecule has 4 rings (SSSR count). The summed E-state index contributed by atoms with van der Waals surface area (Å²) < 4.78 is 56.5. The molecule has 3 aromatic carbocycles. The molecule has 0 saturated heterocycles. The van der Waals surface area contributed by atoms with Crippen LogP contribution in [0.4, 0.5) is 17.6 Å². The Morgan fingerprint density at radius 1 is 0.774 bits per heavy atom. The Bertz CT molecular complexity index is 1090. The first-order valence-electron chi connectivity index (χ1n) is 11.0. The first-order chi connectivity index (χ1) is 15.0. The zero-order valence-electron chi connectivity index (χ0n) is 17.7. The van der Waals surface area contributed by atoms with E-state index in [0.717, 1.165) is 60.9 Å². The van der Waals surface area contributed by atoms with Crippen molar-refractivity contribution >= 4 is 0 Å². The fourth-order valence-corrected chi connectivity index (χ4v) is 4.57. The lowest BCUT2D eigenvalue weighted by molar-refractivity contribution is 0.509. The van der Waals surface area contributed by atoms with Gasteiger partial charge in [-0.15, -0.1) is 0 Å². The molecule has 1 atom stereocenters. The van der Waals surface area contributed by atoms with Crippen LogP contribution in [-0.2, 0) is 19.3 Å². The lowest BCUT2D eigenvalue weighted by Gasteiger charge is -2.26. The summed E-state index contributed by atoms with van der Waals surface area (Å²) in [5.41, 5.74) is 4.12. The summed E-state index contributed by atoms with van der Waals surface area (Å²) in [4.78, 5) is 0. The van der Waals surface area contributed by atoms with E-state index in [4.69, 9.17) is 0 Å². The van der Waals surface area contributed by atoms with Gasteiger partial charge in [0.05, 0.1) is 0 Å². The second-order valence-corrected chi connectivity index (χ2v) is 8.48. The van der Waals surface area contributed by atoms with Crippen LogP contribution in [0.15, 0.2) is 48.5 Å². The average Bonchev–Trinajstić information content (AvgIpc) is 2.75. The third kappa shape index (κ3) is 4.68. The van der Waals surface area contributed by atoms with E-state index >= 15 is 0 Å². The Labute approximate surface area is 180 Å². The van der Waals surface area contributed by atoms with Gasteiger partial charge in [0.2, 0.25) is 0 Å². The van der Waals surface area contributed by atoms with Crippen LogP contribution in [0.25, 0.3) is 11.1 Å². The van der Waals surface area contributed by atoms with Crippen molar-refractivity contribution < 1.29 is 17.6 Å². The van der Waals surface area contributed by atoms with E-state index in [1.807, 2.05) is 12.1 Å². The van der Waals surface area contributed by atoms with E-state index in [-0.39, 0.29) is 17.3 Å². The zero-order valence-corrected chi connectivity index (χ0v) is 17.7. The molecule has 0 nitrogen and oxygen atoms in total. The number of rotatable bonds is 6. The van der Waals surface area contributed by atoms with Crippen LogP contribution in [0.1, 0.15) is 60.8 Å². The number of benzene rings is 3. The lowest BCUT2D eigenvalue weighted by Crippen LogP contribution is -2.15. The standard InChI is InChI=1S/C27H26F4/c1-2-3-4-5-17-6-10-22(25(29)12-17)19-8-7-18-14-23(26(30)16-21(18)13-19)20-9-11-24(28)27(31)15-20/h6,9-12,14-16,19H,2-5,7-8,13H2,1H3. The highest BCUT2D eigenvalue weighted by atomic mass is 19.2. The summed E-state index contributed by atoms with van der Waals surface area (Å²) in [6.07, 6.45) is 6.24. The van der Waals surface area contributed by atoms with Crippen molar-refractivity contribution in [3.8, 4) is 11.1 Å². The molecular formula is C27H26F4. The van der Waals surface area contributed by atoms with Crippen molar-refractivity contribution in [2.45, 2.75) is 57.8 Å². The summed E-state index contributed by atoms with van der Waals surface area (Å²) in [7, 11) is 0. The van der Waals surface area contributed by atoms with Gasteiger partial charge in [0, 0.05) is 5.56 Å². The number of unbranched alkanes of at least 4 members (excludes halogenated alkanes) is 2. The second-order valence-electron chi connectivity index (χ2n) is 8.48. The monoisotopic (exact) mass is 426 g/mol. The van der Waals surface area contributed by atoms with Crippen molar-refractivity contribution in [1.82, 2.24) is 0 Å². The molecule has 0 fully saturated rings. The first-order valence-corrected chi connectivity index (χ1v) is 11.0. The molecule has 1 unspecified atom stereocenters. The topological polar surface area (TPSA) is 0 Å². The maximum atomic E-state index is 14.8. The van der Waals surface area contributed by atoms with Gasteiger partial charge in [0.25, 0.3) is 0 Å². The maximum absolute atomic E-state index is 14.8. The quantitative estimate of drug-likeness (QED) is 0.277. The Morgan fingerprint density at radius 2 is 1.61 bits per heavy atom. The van der Waals surface area contributed by atoms with Gasteiger partial charge in [-0.05, 0) is 96.2 Å². The molecule has 0 heterocycles. The van der Waals surface area contributed by atoms with Gasteiger partial charge in [0.15, 0.2) is 11.6 Å². The van der Waals surface area contributed by atoms with E-state index < -0.39 is 17.5 Å². The number of aryl methyl sites for hydroxylation is 2. The van der Waals surface area contributed by atoms with Crippen LogP contribution >= 0.6 is 0 Å². The molecule has 0 amide bonds. The first kappa shape index (κ1) is 21.6. The predicted octanol–water partition coefficient (Wildman–Crippen LogP) is 7.92. The highest BCUT2D eigenvalue weighted by molar-refractivity contribution is 5.66. The van der Waals surface area contributed by atoms with Crippen LogP contribution in [0, 0.1) is 23.3 Å². The minimum Gasteiger partial charge on any atom is -0.207 e. The number of fused-ring (bicyclic) bond motifs is 1. The Hall–Kier alpha value is -2.62. The highest BCUT2D eigenvalue weighted by Crippen LogP contribution is 2.37. The van der Waals surface area contributed by atoms with Crippen LogP contribution in [0.3, 0.4) is 0 Å². The van der Waals surface area contributed by atoms with E-state index in [2.05, 4.69) is 6.92 Å². The van der Waals surface area contributed by atoms with E-state index in [0.29, 0.717) is 24.0 Å². The summed E-state index contributed by atoms with van der Waals surface area (Å²) in [5, 5.41) is 0. The predicted molar refractivity (Wildman–Crippen MR) is 116 cm³/mol. The third-order valence-electron chi connectivity index (χ3n) is 6.32. The molecule has 0 spiro atoms. The van der Waals surface area contributed by atoms with Gasteiger partial charge in [-0.25, -0.2) is 17.6 Å². The smallest absolute Gasteiger partial charge is 0.159 e. The van der Waals surface area contributed by atoms with Crippen LogP contribution in [0.2, 0.25) is 0 Å². The normalized spacial score (nSPS) is 15.7. The summed E-state index contributed by atoms with van der Waals surface area (Å²) in [6, 6.07) is 12.1. The number of hydrogen-bond donors (Lipinski definition) is 0. The lowest BCUT2D eigenvalue weighted by atomic mass is 9.79. The minimum absolute atomic E-state index is 0.00528. The summed E-state index contributed by atoms with van der Waals surface area (Å²) >= 11 is 0. The van der Waals surface area contributed by atoms with E-state index in [9.17, 15) is 17.6 Å². The maximum Gasteiger partial charge on any atom is 0.159 e. The zero-order chi connectivity index (χ0) is 22.0. The Morgan fingerprint density at radius 3 is 2.35 bits per heavy atom. The molecule has 3 aromatic rings. The third-order valence-corrected chi connectivity index (χ3v) is 6.32. The molecular weight excluding hydrogens is 400 g/mol. The van der Waals surface area contributed by atoms with Crippen molar-refractivity contribution in [1.29, 1.82) is 0 Å². The largest absolute Gasteiger partial charge is 0.207 e. The molecule has 0 N–H and O–H groups in total. The van der Waals surface area contributed by atoms with Crippen LogP contribution < -0.4 is 0 Å². The molecule has 0 aliphatic heterocycles. The summed E-state index contributed by atoms with van der Waals surface area (Å²) in [5.74, 6) is -2.60. The van der Waals surface area contributed by atoms with Crippen molar-refractivity contribution in [3.63, 3.8) is 0 Å². The van der Waals surface area contributed by atoms with Gasteiger partial charge in [-0.1, -0.05) is 38.0 Å². The second kappa shape index (κ2) is 9.25. The van der Waals surface area contributed by atoms with Gasteiger partial charge < -0.3 is 0 Å². The summed E-state index contributed by atoms with van der Waals surface area (Å²) in [6.45, 7) is 2.15. The van der Waals surface area contributed by atoms with Crippen molar-refractivity contribution in [2.24, 2.45) is 0 Å². The minimum atomic E-state index is -0.997. The van der Waals surface area contributed by atoms with E-state index in [1.165, 1.54) is 12.1 Å². The number of halogens is 4. The van der Waals surface area contributed by atoms with Crippen LogP contribution in [-0.4, -0.2) is 0 Å². The Balaban J connectivity index is 1.55. The SMILES string of the molecule is CCCCCc1ccc(C2CCc3cc(-c4ccc(F)c(F)c4)c(F)cc3C2)c(F)c1. The molecule has 31 heavy (non-hydrogen) atoms. The fraction of sp³-hybridized carbons (Fsp3) is 0.333. The van der Waals surface area contributed by atoms with Gasteiger partial charge >= 0.3 is 0 Å².